The van der Waals surface area contributed by atoms with Crippen LogP contribution in [-0.2, 0) is 4.79 Å². The van der Waals surface area contributed by atoms with Gasteiger partial charge in [-0.2, -0.15) is 0 Å². The monoisotopic (exact) mass is 346 g/mol. The van der Waals surface area contributed by atoms with Crippen LogP contribution < -0.4 is 21.0 Å². The molecule has 0 fully saturated rings. The predicted molar refractivity (Wildman–Crippen MR) is 97.9 cm³/mol. The zero-order valence-corrected chi connectivity index (χ0v) is 15.4. The highest BCUT2D eigenvalue weighted by Crippen LogP contribution is 2.18. The summed E-state index contributed by atoms with van der Waals surface area (Å²) in [4.78, 5) is 12.3. The van der Waals surface area contributed by atoms with Gasteiger partial charge in [0.1, 0.15) is 17.6 Å². The van der Waals surface area contributed by atoms with Gasteiger partial charge in [0.15, 0.2) is 0 Å². The number of methoxy groups -OCH3 is 1. The van der Waals surface area contributed by atoms with Crippen LogP contribution in [0.2, 0.25) is 19.6 Å². The number of carbonyl (C=O) groups is 1. The molecule has 0 spiro atoms. The molecule has 4 nitrogen and oxygen atoms in total. The fourth-order valence-corrected chi connectivity index (χ4v) is 3.76. The normalized spacial score (nSPS) is 12.6. The van der Waals surface area contributed by atoms with Crippen molar-refractivity contribution in [3.63, 3.8) is 0 Å². The quantitative estimate of drug-likeness (QED) is 0.818. The van der Waals surface area contributed by atoms with Gasteiger partial charge in [-0.25, -0.2) is 4.39 Å². The molecule has 0 heterocycles. The summed E-state index contributed by atoms with van der Waals surface area (Å²) < 4.78 is 19.3. The summed E-state index contributed by atoms with van der Waals surface area (Å²) in [5.41, 5.74) is 7.04. The Balaban J connectivity index is 2.12. The third-order valence-electron chi connectivity index (χ3n) is 3.80. The number of halogens is 1. The number of rotatable bonds is 5. The van der Waals surface area contributed by atoms with Gasteiger partial charge in [0.05, 0.1) is 15.2 Å². The van der Waals surface area contributed by atoms with Crippen LogP contribution in [0.1, 0.15) is 11.6 Å². The van der Waals surface area contributed by atoms with Crippen LogP contribution in [-0.4, -0.2) is 21.1 Å². The molecule has 1 amide bonds. The average molecular weight is 346 g/mol. The molecular weight excluding hydrogens is 323 g/mol. The van der Waals surface area contributed by atoms with Crippen LogP contribution in [0.15, 0.2) is 42.5 Å². The maximum atomic E-state index is 14.2. The predicted octanol–water partition coefficient (Wildman–Crippen LogP) is 3.02. The van der Waals surface area contributed by atoms with Gasteiger partial charge in [-0.15, -0.1) is 0 Å². The summed E-state index contributed by atoms with van der Waals surface area (Å²) >= 11 is 0. The Morgan fingerprint density at radius 3 is 2.29 bits per heavy atom. The molecule has 3 N–H and O–H groups in total. The Labute approximate surface area is 142 Å². The Morgan fingerprint density at radius 1 is 1.17 bits per heavy atom. The van der Waals surface area contributed by atoms with E-state index in [0.29, 0.717) is 17.0 Å². The van der Waals surface area contributed by atoms with Crippen LogP contribution in [0.3, 0.4) is 0 Å². The van der Waals surface area contributed by atoms with Gasteiger partial charge in [-0.3, -0.25) is 4.79 Å². The molecular formula is C18H23FN2O2Si. The van der Waals surface area contributed by atoms with Crippen LogP contribution in [0.4, 0.5) is 10.1 Å². The van der Waals surface area contributed by atoms with Crippen LogP contribution >= 0.6 is 0 Å². The second-order valence-electron chi connectivity index (χ2n) is 6.68. The van der Waals surface area contributed by atoms with Crippen molar-refractivity contribution in [2.45, 2.75) is 25.7 Å². The first-order chi connectivity index (χ1) is 11.2. The molecule has 0 aliphatic rings. The van der Waals surface area contributed by atoms with Crippen molar-refractivity contribution >= 4 is 24.9 Å². The van der Waals surface area contributed by atoms with Gasteiger partial charge in [0.2, 0.25) is 5.91 Å². The number of amides is 1. The van der Waals surface area contributed by atoms with Crippen molar-refractivity contribution in [2.24, 2.45) is 5.73 Å². The number of nitrogens with two attached hydrogens (primary N) is 1. The summed E-state index contributed by atoms with van der Waals surface area (Å²) in [6.07, 6.45) is 0. The van der Waals surface area contributed by atoms with Crippen molar-refractivity contribution in [2.75, 3.05) is 12.4 Å². The highest BCUT2D eigenvalue weighted by atomic mass is 28.3. The fraction of sp³-hybridized carbons (Fsp3) is 0.278. The standard InChI is InChI=1S/C18H23FN2O2Si/c1-23-14-8-5-12(6-9-14)17(20)18(22)21-13-7-10-16(15(19)11-13)24(2,3)4/h5-11,17H,20H2,1-4H3,(H,21,22)/t17-/m0/s1. The number of carbonyl (C=O) groups excluding carboxylic acids is 1. The Morgan fingerprint density at radius 2 is 1.79 bits per heavy atom. The van der Waals surface area contributed by atoms with Crippen molar-refractivity contribution in [1.29, 1.82) is 0 Å². The number of ether oxygens (including phenoxy) is 1. The first kappa shape index (κ1) is 18.2. The number of benzene rings is 2. The van der Waals surface area contributed by atoms with Gasteiger partial charge in [0.25, 0.3) is 0 Å². The Hall–Kier alpha value is -2.18. The number of nitrogens with one attached hydrogen (secondary N) is 1. The van der Waals surface area contributed by atoms with E-state index in [1.807, 2.05) is 0 Å². The molecule has 6 heteroatoms. The first-order valence-corrected chi connectivity index (χ1v) is 11.2. The van der Waals surface area contributed by atoms with Gasteiger partial charge in [-0.1, -0.05) is 37.8 Å². The van der Waals surface area contributed by atoms with E-state index >= 15 is 0 Å². The summed E-state index contributed by atoms with van der Waals surface area (Å²) in [6, 6.07) is 10.9. The second kappa shape index (κ2) is 7.15. The zero-order chi connectivity index (χ0) is 17.9. The number of anilines is 1. The van der Waals surface area contributed by atoms with Gasteiger partial charge in [0, 0.05) is 5.69 Å². The molecule has 24 heavy (non-hydrogen) atoms. The smallest absolute Gasteiger partial charge is 0.245 e. The first-order valence-electron chi connectivity index (χ1n) is 7.73. The number of hydrogen-bond acceptors (Lipinski definition) is 3. The SMILES string of the molecule is COc1ccc([C@H](N)C(=O)Nc2ccc([Si](C)(C)C)c(F)c2)cc1. The number of hydrogen-bond donors (Lipinski definition) is 2. The molecule has 1 atom stereocenters. The van der Waals surface area contributed by atoms with Crippen molar-refractivity contribution < 1.29 is 13.9 Å². The van der Waals surface area contributed by atoms with Gasteiger partial charge < -0.3 is 15.8 Å². The largest absolute Gasteiger partial charge is 0.497 e. The van der Waals surface area contributed by atoms with E-state index in [4.69, 9.17) is 10.5 Å². The van der Waals surface area contributed by atoms with E-state index in [1.54, 1.807) is 43.5 Å². The molecule has 2 rings (SSSR count). The lowest BCUT2D eigenvalue weighted by Gasteiger charge is -2.19. The summed E-state index contributed by atoms with van der Waals surface area (Å²) in [5.74, 6) is 0.0145. The summed E-state index contributed by atoms with van der Waals surface area (Å²) in [5, 5.41) is 3.40. The molecule has 0 unspecified atom stereocenters. The molecule has 0 saturated carbocycles. The lowest BCUT2D eigenvalue weighted by Crippen LogP contribution is -2.40. The van der Waals surface area contributed by atoms with Crippen molar-refractivity contribution in [3.05, 3.63) is 53.8 Å². The molecule has 128 valence electrons. The summed E-state index contributed by atoms with van der Waals surface area (Å²) in [6.45, 7) is 6.22. The van der Waals surface area contributed by atoms with Crippen LogP contribution in [0, 0.1) is 5.82 Å². The topological polar surface area (TPSA) is 64.3 Å². The van der Waals surface area contributed by atoms with E-state index < -0.39 is 14.1 Å². The van der Waals surface area contributed by atoms with Gasteiger partial charge in [-0.05, 0) is 35.0 Å². The maximum absolute atomic E-state index is 14.2. The molecule has 2 aromatic rings. The second-order valence-corrected chi connectivity index (χ2v) is 11.7. The van der Waals surface area contributed by atoms with E-state index in [2.05, 4.69) is 25.0 Å². The van der Waals surface area contributed by atoms with Crippen molar-refractivity contribution in [3.8, 4) is 5.75 Å². The lowest BCUT2D eigenvalue weighted by atomic mass is 10.1. The maximum Gasteiger partial charge on any atom is 0.245 e. The molecule has 0 aliphatic heterocycles. The fourth-order valence-electron chi connectivity index (χ4n) is 2.38. The van der Waals surface area contributed by atoms with E-state index in [0.717, 1.165) is 5.19 Å². The Kier molecular flexibility index (Phi) is 5.41. The highest BCUT2D eigenvalue weighted by Gasteiger charge is 2.22. The molecule has 0 radical (unpaired) electrons. The van der Waals surface area contributed by atoms with Crippen LogP contribution in [0.25, 0.3) is 0 Å². The van der Waals surface area contributed by atoms with Crippen LogP contribution in [0.5, 0.6) is 5.75 Å². The minimum atomic E-state index is -1.75. The zero-order valence-electron chi connectivity index (χ0n) is 14.4. The highest BCUT2D eigenvalue weighted by molar-refractivity contribution is 6.88. The minimum Gasteiger partial charge on any atom is -0.497 e. The Bertz CT molecular complexity index is 727. The van der Waals surface area contributed by atoms with E-state index in [9.17, 15) is 9.18 Å². The van der Waals surface area contributed by atoms with E-state index in [-0.39, 0.29) is 11.7 Å². The third-order valence-corrected chi connectivity index (χ3v) is 5.82. The molecule has 2 aromatic carbocycles. The molecule has 0 saturated heterocycles. The van der Waals surface area contributed by atoms with E-state index in [1.165, 1.54) is 6.07 Å². The average Bonchev–Trinajstić information content (AvgIpc) is 2.53. The molecule has 0 aliphatic carbocycles. The minimum absolute atomic E-state index is 0.287. The lowest BCUT2D eigenvalue weighted by molar-refractivity contribution is -0.117. The molecule has 0 bridgehead atoms. The third kappa shape index (κ3) is 4.21. The molecule has 0 aromatic heterocycles. The van der Waals surface area contributed by atoms with Crippen molar-refractivity contribution in [1.82, 2.24) is 0 Å². The summed E-state index contributed by atoms with van der Waals surface area (Å²) in [7, 11) is -0.179. The van der Waals surface area contributed by atoms with Gasteiger partial charge >= 0.3 is 0 Å².